The first-order valence-corrected chi connectivity index (χ1v) is 9.67. The largest absolute Gasteiger partial charge is 0.442 e. The normalized spacial score (nSPS) is 26.2. The maximum Gasteiger partial charge on any atom is 0.414 e. The molecule has 0 bridgehead atoms. The number of carbonyl (C=O) groups excluding carboxylic acids is 1. The Bertz CT molecular complexity index is 933. The van der Waals surface area contributed by atoms with Gasteiger partial charge < -0.3 is 14.8 Å². The van der Waals surface area contributed by atoms with Gasteiger partial charge in [-0.1, -0.05) is 10.4 Å². The van der Waals surface area contributed by atoms with E-state index in [1.807, 2.05) is 4.90 Å². The average Bonchev–Trinajstić information content (AvgIpc) is 3.46. The van der Waals surface area contributed by atoms with Gasteiger partial charge in [0.1, 0.15) is 11.9 Å². The monoisotopic (exact) mass is 400 g/mol. The van der Waals surface area contributed by atoms with Crippen molar-refractivity contribution < 1.29 is 19.1 Å². The molecule has 1 aliphatic carbocycles. The summed E-state index contributed by atoms with van der Waals surface area (Å²) in [5.41, 5.74) is 1.85. The molecule has 3 heterocycles. The summed E-state index contributed by atoms with van der Waals surface area (Å²) in [7, 11) is 0. The van der Waals surface area contributed by atoms with Gasteiger partial charge in [0, 0.05) is 19.3 Å². The van der Waals surface area contributed by atoms with Crippen LogP contribution in [0.2, 0.25) is 0 Å². The molecular formula is C19H21FN6O3. The molecule has 1 aromatic heterocycles. The Kier molecular flexibility index (Phi) is 4.33. The maximum absolute atomic E-state index is 14.9. The lowest BCUT2D eigenvalue weighted by atomic mass is 10.0. The van der Waals surface area contributed by atoms with Gasteiger partial charge >= 0.3 is 6.09 Å². The average molecular weight is 400 g/mol. The van der Waals surface area contributed by atoms with Crippen molar-refractivity contribution in [2.45, 2.75) is 25.5 Å². The van der Waals surface area contributed by atoms with E-state index in [2.05, 4.69) is 15.5 Å². The number of ether oxygens (including phenoxy) is 1. The van der Waals surface area contributed by atoms with Crippen LogP contribution in [-0.4, -0.2) is 57.7 Å². The molecule has 2 aromatic rings. The molecule has 2 unspecified atom stereocenters. The second-order valence-electron chi connectivity index (χ2n) is 7.88. The number of carbonyl (C=O) groups is 1. The lowest BCUT2D eigenvalue weighted by Crippen LogP contribution is -2.27. The van der Waals surface area contributed by atoms with Gasteiger partial charge in [0.15, 0.2) is 0 Å². The minimum absolute atomic E-state index is 0.328. The Hall–Kier alpha value is -3.17. The minimum atomic E-state index is -0.492. The first-order chi connectivity index (χ1) is 14.1. The summed E-state index contributed by atoms with van der Waals surface area (Å²) in [5.74, 6) is 0.434. The third-order valence-electron chi connectivity index (χ3n) is 6.03. The number of hydrogen-bond acceptors (Lipinski definition) is 7. The van der Waals surface area contributed by atoms with Crippen molar-refractivity contribution in [3.8, 4) is 0 Å². The van der Waals surface area contributed by atoms with Crippen molar-refractivity contribution >= 4 is 23.2 Å². The van der Waals surface area contributed by atoms with E-state index >= 15 is 0 Å². The molecule has 10 heteroatoms. The smallest absolute Gasteiger partial charge is 0.414 e. The van der Waals surface area contributed by atoms with E-state index in [1.165, 1.54) is 11.0 Å². The predicted octanol–water partition coefficient (Wildman–Crippen LogP) is 2.12. The van der Waals surface area contributed by atoms with Crippen molar-refractivity contribution in [1.82, 2.24) is 15.0 Å². The van der Waals surface area contributed by atoms with Crippen molar-refractivity contribution in [1.29, 1.82) is 0 Å². The quantitative estimate of drug-likeness (QED) is 0.624. The second-order valence-corrected chi connectivity index (χ2v) is 7.88. The highest BCUT2D eigenvalue weighted by atomic mass is 19.1. The van der Waals surface area contributed by atoms with Crippen LogP contribution in [0.4, 0.5) is 20.6 Å². The minimum Gasteiger partial charge on any atom is -0.442 e. The summed E-state index contributed by atoms with van der Waals surface area (Å²) < 4.78 is 21.9. The van der Waals surface area contributed by atoms with Gasteiger partial charge in [-0.15, -0.1) is 5.10 Å². The van der Waals surface area contributed by atoms with E-state index in [4.69, 9.17) is 9.94 Å². The predicted molar refractivity (Wildman–Crippen MR) is 102 cm³/mol. The van der Waals surface area contributed by atoms with Crippen molar-refractivity contribution in [2.24, 2.45) is 17.0 Å². The van der Waals surface area contributed by atoms with Gasteiger partial charge in [-0.2, -0.15) is 0 Å². The van der Waals surface area contributed by atoms with E-state index in [1.54, 1.807) is 29.2 Å². The summed E-state index contributed by atoms with van der Waals surface area (Å²) >= 11 is 0. The van der Waals surface area contributed by atoms with E-state index in [0.29, 0.717) is 36.3 Å². The molecule has 1 saturated carbocycles. The van der Waals surface area contributed by atoms with Crippen LogP contribution < -0.4 is 9.80 Å². The Morgan fingerprint density at radius 2 is 2.03 bits per heavy atom. The third-order valence-corrected chi connectivity index (χ3v) is 6.03. The molecule has 1 amide bonds. The Morgan fingerprint density at radius 1 is 1.24 bits per heavy atom. The topological polar surface area (TPSA) is 96.1 Å². The third kappa shape index (κ3) is 3.28. The van der Waals surface area contributed by atoms with Crippen LogP contribution in [0.5, 0.6) is 0 Å². The maximum atomic E-state index is 14.9. The van der Waals surface area contributed by atoms with Crippen LogP contribution in [0.1, 0.15) is 12.8 Å². The number of cyclic esters (lactones) is 1. The Balaban J connectivity index is 1.27. The SMILES string of the molecule is O=C1O[C@@H](Cn2ccnn2)CN1c1ccc(N2CC3CC(=NO)CC3C2)c(F)c1. The fourth-order valence-corrected chi connectivity index (χ4v) is 4.65. The van der Waals surface area contributed by atoms with E-state index in [0.717, 1.165) is 31.6 Å². The summed E-state index contributed by atoms with van der Waals surface area (Å²) in [4.78, 5) is 15.7. The number of rotatable bonds is 4. The first kappa shape index (κ1) is 17.9. The zero-order chi connectivity index (χ0) is 20.0. The summed E-state index contributed by atoms with van der Waals surface area (Å²) in [6.07, 6.45) is 3.94. The van der Waals surface area contributed by atoms with Crippen LogP contribution in [0.25, 0.3) is 0 Å². The molecule has 2 saturated heterocycles. The molecule has 2 aliphatic heterocycles. The van der Waals surface area contributed by atoms with E-state index < -0.39 is 6.09 Å². The molecule has 3 fully saturated rings. The number of aromatic nitrogens is 3. The van der Waals surface area contributed by atoms with Crippen LogP contribution in [0.3, 0.4) is 0 Å². The summed E-state index contributed by atoms with van der Waals surface area (Å²) in [6, 6.07) is 4.88. The van der Waals surface area contributed by atoms with Crippen molar-refractivity contribution in [3.05, 3.63) is 36.4 Å². The standard InChI is InChI=1S/C19H21FN6O3/c20-17-7-15(26-11-16(29-19(26)27)10-25-4-3-21-23-25)1-2-18(17)24-8-12-5-14(22-28)6-13(12)9-24/h1-4,7,12-13,16,28H,5-6,8-11H2/t12?,13?,16-/m0/s1. The number of oxime groups is 1. The molecule has 9 nitrogen and oxygen atoms in total. The Labute approximate surface area is 166 Å². The highest BCUT2D eigenvalue weighted by molar-refractivity contribution is 5.90. The van der Waals surface area contributed by atoms with Gasteiger partial charge in [0.2, 0.25) is 0 Å². The first-order valence-electron chi connectivity index (χ1n) is 9.67. The summed E-state index contributed by atoms with van der Waals surface area (Å²) in [6.45, 7) is 2.21. The molecule has 3 atom stereocenters. The molecule has 0 spiro atoms. The number of hydrogen-bond donors (Lipinski definition) is 1. The molecule has 1 aromatic carbocycles. The van der Waals surface area contributed by atoms with Crippen LogP contribution in [0.15, 0.2) is 35.7 Å². The lowest BCUT2D eigenvalue weighted by Gasteiger charge is -2.22. The fourth-order valence-electron chi connectivity index (χ4n) is 4.65. The molecular weight excluding hydrogens is 379 g/mol. The highest BCUT2D eigenvalue weighted by Gasteiger charge is 2.40. The number of nitrogens with zero attached hydrogens (tertiary/aromatic N) is 6. The van der Waals surface area contributed by atoms with Gasteiger partial charge in [0.05, 0.1) is 36.4 Å². The van der Waals surface area contributed by atoms with Gasteiger partial charge in [-0.3, -0.25) is 4.90 Å². The van der Waals surface area contributed by atoms with Gasteiger partial charge in [0.25, 0.3) is 0 Å². The fraction of sp³-hybridized carbons (Fsp3) is 0.474. The molecule has 3 aliphatic rings. The zero-order valence-electron chi connectivity index (χ0n) is 15.7. The number of fused-ring (bicyclic) bond motifs is 1. The van der Waals surface area contributed by atoms with Crippen molar-refractivity contribution in [2.75, 3.05) is 29.4 Å². The van der Waals surface area contributed by atoms with Crippen molar-refractivity contribution in [3.63, 3.8) is 0 Å². The van der Waals surface area contributed by atoms with Crippen LogP contribution >= 0.6 is 0 Å². The molecule has 152 valence electrons. The van der Waals surface area contributed by atoms with Gasteiger partial charge in [-0.25, -0.2) is 13.9 Å². The summed E-state index contributed by atoms with van der Waals surface area (Å²) in [5, 5.41) is 19.9. The molecule has 1 N–H and O–H groups in total. The van der Waals surface area contributed by atoms with Gasteiger partial charge in [-0.05, 0) is 42.9 Å². The molecule has 29 heavy (non-hydrogen) atoms. The van der Waals surface area contributed by atoms with E-state index in [-0.39, 0.29) is 11.9 Å². The number of benzene rings is 1. The number of anilines is 2. The number of halogens is 1. The lowest BCUT2D eigenvalue weighted by molar-refractivity contribution is 0.129. The Morgan fingerprint density at radius 3 is 2.69 bits per heavy atom. The van der Waals surface area contributed by atoms with Crippen LogP contribution in [0, 0.1) is 17.7 Å². The second kappa shape index (κ2) is 7.02. The highest BCUT2D eigenvalue weighted by Crippen LogP contribution is 2.39. The molecule has 0 radical (unpaired) electrons. The van der Waals surface area contributed by atoms with Crippen LogP contribution in [-0.2, 0) is 11.3 Å². The molecule has 5 rings (SSSR count). The zero-order valence-corrected chi connectivity index (χ0v) is 15.7. The van der Waals surface area contributed by atoms with E-state index in [9.17, 15) is 9.18 Å². The number of amides is 1.